The highest BCUT2D eigenvalue weighted by Gasteiger charge is 2.31. The second-order valence-corrected chi connectivity index (χ2v) is 8.95. The largest absolute Gasteiger partial charge is 0.495 e. The van der Waals surface area contributed by atoms with Crippen LogP contribution in [0.4, 0.5) is 4.39 Å². The van der Waals surface area contributed by atoms with Crippen LogP contribution in [0.2, 0.25) is 5.02 Å². The molecular weight excluding hydrogens is 455 g/mol. The van der Waals surface area contributed by atoms with E-state index in [0.29, 0.717) is 13.0 Å². The number of hydrogen-bond donors (Lipinski definition) is 0. The normalized spacial score (nSPS) is 19.3. The second-order valence-electron chi connectivity index (χ2n) is 8.55. The number of oxime groups is 1. The number of piperidine rings is 1. The van der Waals surface area contributed by atoms with Crippen LogP contribution in [0.15, 0.2) is 59.7 Å². The van der Waals surface area contributed by atoms with E-state index in [2.05, 4.69) is 27.2 Å². The van der Waals surface area contributed by atoms with E-state index in [-0.39, 0.29) is 11.1 Å². The van der Waals surface area contributed by atoms with E-state index in [1.807, 2.05) is 35.9 Å². The number of rotatable bonds is 4. The maximum atomic E-state index is 14.2. The Morgan fingerprint density at radius 3 is 2.88 bits per heavy atom. The molecule has 2 aromatic carbocycles. The van der Waals surface area contributed by atoms with Gasteiger partial charge in [0.2, 0.25) is 0 Å². The maximum Gasteiger partial charge on any atom is 0.171 e. The summed E-state index contributed by atoms with van der Waals surface area (Å²) >= 11 is 5.92. The molecular formula is C26H26ClFN4O2. The molecule has 0 unspecified atom stereocenters. The minimum atomic E-state index is -0.407. The van der Waals surface area contributed by atoms with Gasteiger partial charge in [0.05, 0.1) is 35.9 Å². The Morgan fingerprint density at radius 1 is 1.24 bits per heavy atom. The summed E-state index contributed by atoms with van der Waals surface area (Å²) < 4.78 is 21.8. The van der Waals surface area contributed by atoms with Gasteiger partial charge in [-0.05, 0) is 66.8 Å². The zero-order chi connectivity index (χ0) is 23.7. The van der Waals surface area contributed by atoms with Gasteiger partial charge in [-0.3, -0.25) is 0 Å². The first-order valence-electron chi connectivity index (χ1n) is 11.3. The summed E-state index contributed by atoms with van der Waals surface area (Å²) in [5.74, 6) is 1.15. The Bertz CT molecular complexity index is 1270. The lowest BCUT2D eigenvalue weighted by Crippen LogP contribution is -2.39. The first-order valence-corrected chi connectivity index (χ1v) is 11.7. The molecule has 5 rings (SSSR count). The summed E-state index contributed by atoms with van der Waals surface area (Å²) in [6.45, 7) is 3.25. The first-order chi connectivity index (χ1) is 16.5. The number of halogens is 2. The lowest BCUT2D eigenvalue weighted by molar-refractivity contribution is 0.140. The minimum Gasteiger partial charge on any atom is -0.495 e. The number of methoxy groups -OCH3 is 1. The minimum absolute atomic E-state index is 0.0295. The monoisotopic (exact) mass is 480 g/mol. The van der Waals surface area contributed by atoms with E-state index in [1.54, 1.807) is 19.5 Å². The Kier molecular flexibility index (Phi) is 6.28. The summed E-state index contributed by atoms with van der Waals surface area (Å²) in [7, 11) is 1.67. The number of imidazole rings is 1. The van der Waals surface area contributed by atoms with Crippen LogP contribution >= 0.6 is 11.6 Å². The molecule has 1 aromatic heterocycles. The van der Waals surface area contributed by atoms with Gasteiger partial charge in [-0.1, -0.05) is 28.9 Å². The van der Waals surface area contributed by atoms with Gasteiger partial charge in [0.25, 0.3) is 0 Å². The van der Waals surface area contributed by atoms with Crippen LogP contribution in [0, 0.1) is 12.7 Å². The van der Waals surface area contributed by atoms with Crippen molar-refractivity contribution in [3.63, 3.8) is 0 Å². The van der Waals surface area contributed by atoms with Crippen molar-refractivity contribution < 1.29 is 14.0 Å². The summed E-state index contributed by atoms with van der Waals surface area (Å²) in [5, 5.41) is 4.59. The van der Waals surface area contributed by atoms with E-state index in [0.717, 1.165) is 59.1 Å². The van der Waals surface area contributed by atoms with Crippen LogP contribution in [0.5, 0.6) is 5.75 Å². The molecule has 1 atom stereocenters. The molecule has 176 valence electrons. The van der Waals surface area contributed by atoms with E-state index >= 15 is 0 Å². The van der Waals surface area contributed by atoms with Crippen molar-refractivity contribution >= 4 is 23.5 Å². The molecule has 2 aliphatic heterocycles. The number of aryl methyl sites for hydroxylation is 1. The van der Waals surface area contributed by atoms with E-state index in [9.17, 15) is 4.39 Å². The molecule has 2 aliphatic rings. The molecule has 8 heteroatoms. The second kappa shape index (κ2) is 9.50. The predicted octanol–water partition coefficient (Wildman–Crippen LogP) is 5.94. The third kappa shape index (κ3) is 4.40. The van der Waals surface area contributed by atoms with Crippen molar-refractivity contribution in [2.24, 2.45) is 5.16 Å². The molecule has 3 heterocycles. The predicted molar refractivity (Wildman–Crippen MR) is 131 cm³/mol. The molecule has 6 nitrogen and oxygen atoms in total. The molecule has 0 bridgehead atoms. The Hall–Kier alpha value is -3.32. The van der Waals surface area contributed by atoms with Gasteiger partial charge in [0.15, 0.2) is 5.84 Å². The van der Waals surface area contributed by atoms with E-state index in [4.69, 9.17) is 21.2 Å². The molecule has 0 aliphatic carbocycles. The third-order valence-electron chi connectivity index (χ3n) is 6.28. The summed E-state index contributed by atoms with van der Waals surface area (Å²) in [6, 6.07) is 11.1. The smallest absolute Gasteiger partial charge is 0.171 e. The quantitative estimate of drug-likeness (QED) is 0.464. The summed E-state index contributed by atoms with van der Waals surface area (Å²) in [4.78, 5) is 12.1. The van der Waals surface area contributed by atoms with Crippen molar-refractivity contribution in [2.45, 2.75) is 32.2 Å². The lowest BCUT2D eigenvalue weighted by atomic mass is 9.95. The summed E-state index contributed by atoms with van der Waals surface area (Å²) in [6.07, 6.45) is 8.44. The molecule has 0 amide bonds. The molecule has 1 saturated heterocycles. The number of hydrogen-bond acceptors (Lipinski definition) is 5. The van der Waals surface area contributed by atoms with Gasteiger partial charge in [0, 0.05) is 19.2 Å². The van der Waals surface area contributed by atoms with Gasteiger partial charge in [-0.2, -0.15) is 0 Å². The molecule has 0 spiro atoms. The van der Waals surface area contributed by atoms with Crippen molar-refractivity contribution in [3.8, 4) is 11.4 Å². The van der Waals surface area contributed by atoms with Crippen molar-refractivity contribution in [1.82, 2.24) is 14.5 Å². The highest BCUT2D eigenvalue weighted by atomic mass is 35.5. The molecule has 0 N–H and O–H groups in total. The number of benzene rings is 2. The SMILES string of the molecule is COc1cc(/C=C2\CCCN3C2=NOCC[C@H]3c2ccc(Cl)c(F)c2)ccc1-n1cnc(C)c1. The molecule has 0 saturated carbocycles. The van der Waals surface area contributed by atoms with Crippen LogP contribution in [-0.4, -0.2) is 40.5 Å². The first kappa shape index (κ1) is 22.5. The van der Waals surface area contributed by atoms with Gasteiger partial charge >= 0.3 is 0 Å². The van der Waals surface area contributed by atoms with Crippen LogP contribution in [0.25, 0.3) is 11.8 Å². The maximum absolute atomic E-state index is 14.2. The number of aromatic nitrogens is 2. The highest BCUT2D eigenvalue weighted by Crippen LogP contribution is 2.35. The van der Waals surface area contributed by atoms with Crippen LogP contribution < -0.4 is 4.74 Å². The van der Waals surface area contributed by atoms with E-state index in [1.165, 1.54) is 6.07 Å². The average Bonchev–Trinajstić information content (AvgIpc) is 3.15. The zero-order valence-corrected chi connectivity index (χ0v) is 19.9. The summed E-state index contributed by atoms with van der Waals surface area (Å²) in [5.41, 5.74) is 4.84. The molecule has 34 heavy (non-hydrogen) atoms. The standard InChI is InChI=1S/C26H26ClFN4O2/c1-17-15-31(16-29-17)24-8-5-18(13-25(24)33-2)12-20-4-3-10-32-23(9-11-34-30-26(20)32)19-6-7-21(27)22(28)14-19/h5-8,12-16,23H,3-4,9-11H2,1-2H3/b20-12+/t23-/m0/s1. The number of ether oxygens (including phenoxy) is 1. The molecule has 0 radical (unpaired) electrons. The fourth-order valence-corrected chi connectivity index (χ4v) is 4.76. The van der Waals surface area contributed by atoms with Crippen LogP contribution in [0.3, 0.4) is 0 Å². The Labute approximate surface area is 203 Å². The van der Waals surface area contributed by atoms with Crippen LogP contribution in [0.1, 0.15) is 42.1 Å². The third-order valence-corrected chi connectivity index (χ3v) is 6.58. The molecule has 3 aromatic rings. The number of nitrogens with zero attached hydrogens (tertiary/aromatic N) is 4. The number of amidine groups is 1. The van der Waals surface area contributed by atoms with Gasteiger partial charge < -0.3 is 19.0 Å². The Balaban J connectivity index is 1.47. The Morgan fingerprint density at radius 2 is 2.12 bits per heavy atom. The van der Waals surface area contributed by atoms with Gasteiger partial charge in [-0.25, -0.2) is 9.37 Å². The van der Waals surface area contributed by atoms with Crippen molar-refractivity contribution in [1.29, 1.82) is 0 Å². The van der Waals surface area contributed by atoms with Crippen molar-refractivity contribution in [2.75, 3.05) is 20.3 Å². The zero-order valence-electron chi connectivity index (χ0n) is 19.2. The molecule has 1 fully saturated rings. The highest BCUT2D eigenvalue weighted by molar-refractivity contribution is 6.30. The fourth-order valence-electron chi connectivity index (χ4n) is 4.64. The van der Waals surface area contributed by atoms with Gasteiger partial charge in [-0.15, -0.1) is 0 Å². The average molecular weight is 481 g/mol. The number of fused-ring (bicyclic) bond motifs is 1. The fraction of sp³-hybridized carbons (Fsp3) is 0.308. The van der Waals surface area contributed by atoms with Gasteiger partial charge in [0.1, 0.15) is 18.2 Å². The lowest BCUT2D eigenvalue weighted by Gasteiger charge is -2.36. The van der Waals surface area contributed by atoms with E-state index < -0.39 is 5.82 Å². The topological polar surface area (TPSA) is 51.9 Å². The van der Waals surface area contributed by atoms with Crippen molar-refractivity contribution in [3.05, 3.63) is 82.2 Å². The van der Waals surface area contributed by atoms with Crippen LogP contribution in [-0.2, 0) is 4.84 Å².